The molecule has 184 valence electrons. The van der Waals surface area contributed by atoms with Crippen LogP contribution in [-0.4, -0.2) is 45.2 Å². The van der Waals surface area contributed by atoms with E-state index in [9.17, 15) is 24.6 Å². The van der Waals surface area contributed by atoms with Crippen molar-refractivity contribution in [1.29, 1.82) is 0 Å². The maximum Gasteiger partial charge on any atom is 0.339 e. The summed E-state index contributed by atoms with van der Waals surface area (Å²) in [6, 6.07) is 1.76. The second-order valence-corrected chi connectivity index (χ2v) is 11.7. The van der Waals surface area contributed by atoms with Crippen LogP contribution in [0.3, 0.4) is 0 Å². The number of aliphatic hydroxyl groups is 1. The van der Waals surface area contributed by atoms with Crippen LogP contribution in [0.1, 0.15) is 65.5 Å². The average molecular weight is 473 g/mol. The van der Waals surface area contributed by atoms with E-state index in [1.54, 1.807) is 32.3 Å². The number of furan rings is 1. The summed E-state index contributed by atoms with van der Waals surface area (Å²) in [7, 11) is 0. The highest BCUT2D eigenvalue weighted by atomic mass is 16.7. The Labute approximate surface area is 198 Å². The number of carbonyl (C=O) groups excluding carboxylic acids is 2. The monoisotopic (exact) mass is 472 g/mol. The SMILES string of the molecule is CC(C)(O)[C@@H]1CC(=O)[C@]2(C)[C@H](CC[C@@]3(C)[C@H](c4ccoc4)OC(=O)[C@H]4O[C@]432)[C@@]1(C)C=CC(=O)O. The zero-order chi connectivity index (χ0) is 24.9. The maximum absolute atomic E-state index is 14.1. The van der Waals surface area contributed by atoms with Gasteiger partial charge in [0.25, 0.3) is 0 Å². The molecule has 0 radical (unpaired) electrons. The highest BCUT2D eigenvalue weighted by Gasteiger charge is 2.88. The molecule has 8 atom stereocenters. The number of carbonyl (C=O) groups is 3. The normalized spacial score (nSPS) is 45.8. The third-order valence-electron chi connectivity index (χ3n) is 9.67. The molecule has 2 N–H and O–H groups in total. The molecule has 2 saturated heterocycles. The first-order valence-corrected chi connectivity index (χ1v) is 11.8. The lowest BCUT2D eigenvalue weighted by Crippen LogP contribution is -2.71. The Morgan fingerprint density at radius 3 is 2.50 bits per heavy atom. The predicted molar refractivity (Wildman–Crippen MR) is 118 cm³/mol. The summed E-state index contributed by atoms with van der Waals surface area (Å²) in [6.07, 6.45) is 5.56. The number of carboxylic acid groups (broad SMARTS) is 1. The minimum Gasteiger partial charge on any atom is -0.478 e. The molecule has 0 amide bonds. The van der Waals surface area contributed by atoms with E-state index in [1.165, 1.54) is 6.26 Å². The van der Waals surface area contributed by atoms with Crippen molar-refractivity contribution in [3.63, 3.8) is 0 Å². The fourth-order valence-electron chi connectivity index (χ4n) is 8.15. The minimum atomic E-state index is -1.22. The molecule has 5 rings (SSSR count). The number of Topliss-reactive ketones (excluding diaryl/α,β-unsaturated/α-hetero) is 1. The Kier molecular flexibility index (Phi) is 4.67. The molecule has 1 aromatic heterocycles. The molecule has 34 heavy (non-hydrogen) atoms. The standard InChI is InChI=1S/C26H32O8/c1-22(2,31)16-12-17(27)25(5)15(23(16,3)9-7-18(28)29)6-10-24(4)19(14-8-11-32-13-14)33-21(30)20-26(24,25)34-20/h7-9,11,13,15-16,19-20,31H,6,10,12H2,1-5H3,(H,28,29)/t15-,16+,19+,20-,23-,24+,25+,26-/m1/s1. The van der Waals surface area contributed by atoms with E-state index < -0.39 is 57.5 Å². The van der Waals surface area contributed by atoms with E-state index in [2.05, 4.69) is 0 Å². The zero-order valence-electron chi connectivity index (χ0n) is 20.2. The molecule has 8 heteroatoms. The number of carboxylic acids is 1. The van der Waals surface area contributed by atoms with Gasteiger partial charge in [-0.25, -0.2) is 9.59 Å². The van der Waals surface area contributed by atoms with Gasteiger partial charge in [-0.15, -0.1) is 0 Å². The molecule has 4 fully saturated rings. The van der Waals surface area contributed by atoms with Crippen LogP contribution in [0.15, 0.2) is 35.2 Å². The van der Waals surface area contributed by atoms with Crippen molar-refractivity contribution in [3.8, 4) is 0 Å². The van der Waals surface area contributed by atoms with Gasteiger partial charge in [0, 0.05) is 29.4 Å². The zero-order valence-corrected chi connectivity index (χ0v) is 20.2. The lowest BCUT2D eigenvalue weighted by Gasteiger charge is -2.65. The van der Waals surface area contributed by atoms with Gasteiger partial charge in [0.2, 0.25) is 0 Å². The highest BCUT2D eigenvalue weighted by molar-refractivity contribution is 5.93. The summed E-state index contributed by atoms with van der Waals surface area (Å²) in [6.45, 7) is 9.13. The van der Waals surface area contributed by atoms with Crippen LogP contribution in [0.5, 0.6) is 0 Å². The second kappa shape index (κ2) is 6.82. The van der Waals surface area contributed by atoms with Gasteiger partial charge in [-0.05, 0) is 51.0 Å². The molecule has 0 bridgehead atoms. The Bertz CT molecular complexity index is 1080. The lowest BCUT2D eigenvalue weighted by atomic mass is 9.37. The molecular weight excluding hydrogens is 440 g/mol. The van der Waals surface area contributed by atoms with E-state index in [-0.39, 0.29) is 18.1 Å². The number of fused-ring (bicyclic) bond motifs is 1. The Morgan fingerprint density at radius 2 is 1.91 bits per heavy atom. The number of epoxide rings is 1. The Balaban J connectivity index is 1.69. The van der Waals surface area contributed by atoms with Gasteiger partial charge in [0.05, 0.1) is 23.5 Å². The van der Waals surface area contributed by atoms with Gasteiger partial charge in [-0.2, -0.15) is 0 Å². The summed E-state index contributed by atoms with van der Waals surface area (Å²) in [5.74, 6) is -2.50. The molecule has 0 aromatic carbocycles. The van der Waals surface area contributed by atoms with Crippen LogP contribution in [0.4, 0.5) is 0 Å². The maximum atomic E-state index is 14.1. The van der Waals surface area contributed by atoms with Crippen LogP contribution in [0.25, 0.3) is 0 Å². The molecule has 1 aromatic rings. The molecule has 1 spiro atoms. The molecule has 2 aliphatic carbocycles. The quantitative estimate of drug-likeness (QED) is 0.388. The van der Waals surface area contributed by atoms with Gasteiger partial charge < -0.3 is 24.1 Å². The third kappa shape index (κ3) is 2.64. The topological polar surface area (TPSA) is 127 Å². The third-order valence-corrected chi connectivity index (χ3v) is 9.67. The molecule has 8 nitrogen and oxygen atoms in total. The van der Waals surface area contributed by atoms with Crippen molar-refractivity contribution >= 4 is 17.7 Å². The van der Waals surface area contributed by atoms with Gasteiger partial charge in [0.1, 0.15) is 17.5 Å². The first-order valence-electron chi connectivity index (χ1n) is 11.8. The van der Waals surface area contributed by atoms with Crippen molar-refractivity contribution in [1.82, 2.24) is 0 Å². The predicted octanol–water partition coefficient (Wildman–Crippen LogP) is 3.44. The Morgan fingerprint density at radius 1 is 1.21 bits per heavy atom. The van der Waals surface area contributed by atoms with Gasteiger partial charge in [0.15, 0.2) is 6.10 Å². The molecule has 3 heterocycles. The summed E-state index contributed by atoms with van der Waals surface area (Å²) < 4.78 is 17.4. The van der Waals surface area contributed by atoms with Crippen LogP contribution in [-0.2, 0) is 23.9 Å². The van der Waals surface area contributed by atoms with E-state index in [0.717, 1.165) is 11.6 Å². The molecule has 0 unspecified atom stereocenters. The van der Waals surface area contributed by atoms with Crippen molar-refractivity contribution in [2.45, 2.75) is 77.3 Å². The van der Waals surface area contributed by atoms with Crippen LogP contribution in [0, 0.1) is 28.1 Å². The number of cyclic esters (lactones) is 1. The van der Waals surface area contributed by atoms with Gasteiger partial charge >= 0.3 is 11.9 Å². The molecule has 2 aliphatic heterocycles. The lowest BCUT2D eigenvalue weighted by molar-refractivity contribution is -0.213. The summed E-state index contributed by atoms with van der Waals surface area (Å²) >= 11 is 0. The summed E-state index contributed by atoms with van der Waals surface area (Å²) in [5, 5.41) is 20.5. The minimum absolute atomic E-state index is 0.0519. The van der Waals surface area contributed by atoms with Crippen molar-refractivity contribution in [2.75, 3.05) is 0 Å². The van der Waals surface area contributed by atoms with Gasteiger partial charge in [-0.1, -0.05) is 19.9 Å². The number of ether oxygens (including phenoxy) is 2. The second-order valence-electron chi connectivity index (χ2n) is 11.7. The van der Waals surface area contributed by atoms with Crippen LogP contribution < -0.4 is 0 Å². The van der Waals surface area contributed by atoms with Crippen molar-refractivity contribution in [3.05, 3.63) is 36.3 Å². The number of hydrogen-bond donors (Lipinski definition) is 2. The molecular formula is C26H32O8. The Hall–Kier alpha value is -2.45. The number of aliphatic carboxylic acids is 1. The number of allylic oxidation sites excluding steroid dienone is 1. The van der Waals surface area contributed by atoms with Crippen molar-refractivity contribution in [2.24, 2.45) is 28.1 Å². The first kappa shape index (κ1) is 23.3. The fraction of sp³-hybridized carbons (Fsp3) is 0.654. The molecule has 2 saturated carbocycles. The summed E-state index contributed by atoms with van der Waals surface area (Å²) in [5.41, 5.74) is -4.17. The van der Waals surface area contributed by atoms with E-state index >= 15 is 0 Å². The smallest absolute Gasteiger partial charge is 0.339 e. The molecule has 4 aliphatic rings. The van der Waals surface area contributed by atoms with E-state index in [1.807, 2.05) is 20.8 Å². The number of ketones is 1. The fourth-order valence-corrected chi connectivity index (χ4v) is 8.15. The van der Waals surface area contributed by atoms with Crippen LogP contribution >= 0.6 is 0 Å². The first-order chi connectivity index (χ1) is 15.7. The number of hydrogen-bond acceptors (Lipinski definition) is 7. The van der Waals surface area contributed by atoms with Crippen molar-refractivity contribution < 1.29 is 38.5 Å². The van der Waals surface area contributed by atoms with E-state index in [4.69, 9.17) is 13.9 Å². The van der Waals surface area contributed by atoms with Crippen LogP contribution in [0.2, 0.25) is 0 Å². The number of esters is 1. The summed E-state index contributed by atoms with van der Waals surface area (Å²) in [4.78, 5) is 38.6. The highest BCUT2D eigenvalue weighted by Crippen LogP contribution is 2.78. The number of rotatable bonds is 4. The average Bonchev–Trinajstić information content (AvgIpc) is 3.31. The van der Waals surface area contributed by atoms with E-state index in [0.29, 0.717) is 12.8 Å². The van der Waals surface area contributed by atoms with Gasteiger partial charge in [-0.3, -0.25) is 4.79 Å². The largest absolute Gasteiger partial charge is 0.478 e.